The van der Waals surface area contributed by atoms with Crippen molar-refractivity contribution in [2.24, 2.45) is 17.1 Å². The second kappa shape index (κ2) is 6.71. The van der Waals surface area contributed by atoms with E-state index in [0.29, 0.717) is 19.0 Å². The maximum atomic E-state index is 12.2. The lowest BCUT2D eigenvalue weighted by molar-refractivity contribution is 0.0936. The zero-order valence-electron chi connectivity index (χ0n) is 12.5. The highest BCUT2D eigenvalue weighted by Crippen LogP contribution is 2.24. The first-order valence-corrected chi connectivity index (χ1v) is 6.92. The van der Waals surface area contributed by atoms with Crippen LogP contribution in [0, 0.1) is 11.3 Å². The summed E-state index contributed by atoms with van der Waals surface area (Å²) in [7, 11) is 0. The van der Waals surface area contributed by atoms with Crippen molar-refractivity contribution in [2.45, 2.75) is 34.1 Å². The van der Waals surface area contributed by atoms with Gasteiger partial charge in [0, 0.05) is 12.1 Å². The summed E-state index contributed by atoms with van der Waals surface area (Å²) >= 11 is 0. The molecule has 3 heteroatoms. The smallest absolute Gasteiger partial charge is 0.251 e. The van der Waals surface area contributed by atoms with Gasteiger partial charge in [0.1, 0.15) is 0 Å². The molecule has 1 amide bonds. The van der Waals surface area contributed by atoms with Gasteiger partial charge >= 0.3 is 0 Å². The van der Waals surface area contributed by atoms with E-state index in [9.17, 15) is 4.79 Å². The number of carbonyl (C=O) groups excluding carboxylic acids is 1. The Kier molecular flexibility index (Phi) is 5.55. The Balaban J connectivity index is 2.69. The van der Waals surface area contributed by atoms with Crippen molar-refractivity contribution < 1.29 is 4.79 Å². The minimum Gasteiger partial charge on any atom is -0.352 e. The molecular weight excluding hydrogens is 236 g/mol. The topological polar surface area (TPSA) is 55.1 Å². The molecule has 3 N–H and O–H groups in total. The predicted molar refractivity (Wildman–Crippen MR) is 80.2 cm³/mol. The molecule has 1 aromatic carbocycles. The highest BCUT2D eigenvalue weighted by molar-refractivity contribution is 5.95. The Morgan fingerprint density at radius 2 is 1.95 bits per heavy atom. The Bertz CT molecular complexity index is 421. The molecule has 3 nitrogen and oxygen atoms in total. The second-order valence-electron chi connectivity index (χ2n) is 6.17. The van der Waals surface area contributed by atoms with Crippen LogP contribution in [0.2, 0.25) is 0 Å². The Morgan fingerprint density at radius 1 is 1.32 bits per heavy atom. The molecule has 1 atom stereocenters. The molecule has 0 spiro atoms. The predicted octanol–water partition coefficient (Wildman–Crippen LogP) is 2.60. The van der Waals surface area contributed by atoms with Crippen LogP contribution >= 0.6 is 0 Å². The largest absolute Gasteiger partial charge is 0.352 e. The van der Waals surface area contributed by atoms with Crippen molar-refractivity contribution >= 4 is 5.91 Å². The van der Waals surface area contributed by atoms with Gasteiger partial charge in [-0.1, -0.05) is 45.9 Å². The van der Waals surface area contributed by atoms with Gasteiger partial charge in [0.25, 0.3) is 5.91 Å². The molecule has 0 saturated heterocycles. The molecule has 0 fully saturated rings. The van der Waals surface area contributed by atoms with Crippen molar-refractivity contribution in [1.29, 1.82) is 0 Å². The number of rotatable bonds is 5. The van der Waals surface area contributed by atoms with Crippen LogP contribution in [0.5, 0.6) is 0 Å². The number of nitrogens with one attached hydrogen (secondary N) is 1. The van der Waals surface area contributed by atoms with Gasteiger partial charge in [-0.3, -0.25) is 4.79 Å². The molecule has 0 aliphatic rings. The van der Waals surface area contributed by atoms with Gasteiger partial charge in [-0.25, -0.2) is 0 Å². The van der Waals surface area contributed by atoms with E-state index >= 15 is 0 Å². The van der Waals surface area contributed by atoms with Crippen molar-refractivity contribution in [3.8, 4) is 0 Å². The Labute approximate surface area is 116 Å². The molecular formula is C16H26N2O. The standard InChI is InChI=1S/C16H26N2O/c1-12(16(2,3)4)11-18-15(19)14-8-6-5-7-13(14)9-10-17/h5-8,12H,9-11,17H2,1-4H3,(H,18,19). The summed E-state index contributed by atoms with van der Waals surface area (Å²) in [4.78, 5) is 12.2. The van der Waals surface area contributed by atoms with E-state index in [4.69, 9.17) is 5.73 Å². The van der Waals surface area contributed by atoms with E-state index in [1.165, 1.54) is 0 Å². The molecule has 0 heterocycles. The first-order chi connectivity index (χ1) is 8.86. The first-order valence-electron chi connectivity index (χ1n) is 6.92. The fraction of sp³-hybridized carbons (Fsp3) is 0.562. The molecule has 0 aliphatic carbocycles. The molecule has 0 saturated carbocycles. The summed E-state index contributed by atoms with van der Waals surface area (Å²) < 4.78 is 0. The molecule has 1 rings (SSSR count). The third-order valence-electron chi connectivity index (χ3n) is 3.72. The lowest BCUT2D eigenvalue weighted by Gasteiger charge is -2.27. The van der Waals surface area contributed by atoms with Gasteiger partial charge in [-0.15, -0.1) is 0 Å². The van der Waals surface area contributed by atoms with Gasteiger partial charge < -0.3 is 11.1 Å². The van der Waals surface area contributed by atoms with Crippen molar-refractivity contribution in [1.82, 2.24) is 5.32 Å². The van der Waals surface area contributed by atoms with Crippen LogP contribution in [0.25, 0.3) is 0 Å². The molecule has 0 aromatic heterocycles. The summed E-state index contributed by atoms with van der Waals surface area (Å²) in [5.41, 5.74) is 7.54. The summed E-state index contributed by atoms with van der Waals surface area (Å²) in [5.74, 6) is 0.429. The van der Waals surface area contributed by atoms with Crippen molar-refractivity contribution in [2.75, 3.05) is 13.1 Å². The zero-order chi connectivity index (χ0) is 14.5. The lowest BCUT2D eigenvalue weighted by Crippen LogP contribution is -2.34. The van der Waals surface area contributed by atoms with Gasteiger partial charge in [0.15, 0.2) is 0 Å². The highest BCUT2D eigenvalue weighted by atomic mass is 16.1. The van der Waals surface area contributed by atoms with E-state index in [1.54, 1.807) is 0 Å². The molecule has 106 valence electrons. The van der Waals surface area contributed by atoms with Gasteiger partial charge in [0.2, 0.25) is 0 Å². The van der Waals surface area contributed by atoms with Crippen LogP contribution in [-0.4, -0.2) is 19.0 Å². The maximum absolute atomic E-state index is 12.2. The van der Waals surface area contributed by atoms with E-state index in [2.05, 4.69) is 33.0 Å². The van der Waals surface area contributed by atoms with Crippen molar-refractivity contribution in [3.63, 3.8) is 0 Å². The highest BCUT2D eigenvalue weighted by Gasteiger charge is 2.21. The summed E-state index contributed by atoms with van der Waals surface area (Å²) in [5, 5.41) is 3.02. The number of hydrogen-bond acceptors (Lipinski definition) is 2. The van der Waals surface area contributed by atoms with E-state index in [-0.39, 0.29) is 11.3 Å². The fourth-order valence-corrected chi connectivity index (χ4v) is 1.76. The minimum absolute atomic E-state index is 0.000139. The van der Waals surface area contributed by atoms with Crippen LogP contribution in [0.3, 0.4) is 0 Å². The van der Waals surface area contributed by atoms with Gasteiger partial charge in [-0.05, 0) is 35.9 Å². The quantitative estimate of drug-likeness (QED) is 0.857. The van der Waals surface area contributed by atoms with Crippen LogP contribution in [0.15, 0.2) is 24.3 Å². The van der Waals surface area contributed by atoms with Gasteiger partial charge in [0.05, 0.1) is 0 Å². The van der Waals surface area contributed by atoms with Gasteiger partial charge in [-0.2, -0.15) is 0 Å². The molecule has 1 aromatic rings. The Morgan fingerprint density at radius 3 is 2.53 bits per heavy atom. The zero-order valence-corrected chi connectivity index (χ0v) is 12.5. The lowest BCUT2D eigenvalue weighted by atomic mass is 9.82. The number of nitrogens with two attached hydrogens (primary N) is 1. The van der Waals surface area contributed by atoms with Crippen molar-refractivity contribution in [3.05, 3.63) is 35.4 Å². The molecule has 0 bridgehead atoms. The SMILES string of the molecule is CC(CNC(=O)c1ccccc1CCN)C(C)(C)C. The second-order valence-corrected chi connectivity index (χ2v) is 6.17. The number of hydrogen-bond donors (Lipinski definition) is 2. The van der Waals surface area contributed by atoms with E-state index in [1.807, 2.05) is 24.3 Å². The van der Waals surface area contributed by atoms with Crippen LogP contribution < -0.4 is 11.1 Å². The summed E-state index contributed by atoms with van der Waals surface area (Å²) in [6.45, 7) is 9.97. The first kappa shape index (κ1) is 15.7. The average Bonchev–Trinajstić information content (AvgIpc) is 2.35. The van der Waals surface area contributed by atoms with Crippen LogP contribution in [0.4, 0.5) is 0 Å². The number of carbonyl (C=O) groups is 1. The number of amides is 1. The van der Waals surface area contributed by atoms with E-state index < -0.39 is 0 Å². The average molecular weight is 262 g/mol. The molecule has 19 heavy (non-hydrogen) atoms. The minimum atomic E-state index is 0.000139. The Hall–Kier alpha value is -1.35. The molecule has 1 unspecified atom stereocenters. The molecule has 0 radical (unpaired) electrons. The third kappa shape index (κ3) is 4.67. The van der Waals surface area contributed by atoms with Crippen LogP contribution in [0.1, 0.15) is 43.6 Å². The van der Waals surface area contributed by atoms with E-state index in [0.717, 1.165) is 17.5 Å². The maximum Gasteiger partial charge on any atom is 0.251 e. The third-order valence-corrected chi connectivity index (χ3v) is 3.72. The fourth-order valence-electron chi connectivity index (χ4n) is 1.76. The normalized spacial score (nSPS) is 13.1. The summed E-state index contributed by atoms with van der Waals surface area (Å²) in [6, 6.07) is 7.67. The van der Waals surface area contributed by atoms with Crippen LogP contribution in [-0.2, 0) is 6.42 Å². The monoisotopic (exact) mass is 262 g/mol. The number of benzene rings is 1. The summed E-state index contributed by atoms with van der Waals surface area (Å²) in [6.07, 6.45) is 0.735. The molecule has 0 aliphatic heterocycles.